The highest BCUT2D eigenvalue weighted by molar-refractivity contribution is 5.52. The van der Waals surface area contributed by atoms with Crippen LogP contribution in [-0.4, -0.2) is 21.6 Å². The number of anilines is 2. The third-order valence-corrected chi connectivity index (χ3v) is 4.68. The fraction of sp³-hybridized carbons (Fsp3) is 0.500. The third kappa shape index (κ3) is 3.00. The molecule has 0 bridgehead atoms. The quantitative estimate of drug-likeness (QED) is 0.897. The van der Waals surface area contributed by atoms with Crippen molar-refractivity contribution in [1.29, 1.82) is 0 Å². The number of nitrogen functional groups attached to an aromatic ring is 1. The molecule has 1 atom stereocenters. The van der Waals surface area contributed by atoms with Gasteiger partial charge in [0.1, 0.15) is 11.6 Å². The van der Waals surface area contributed by atoms with Crippen LogP contribution in [0.2, 0.25) is 0 Å². The molecule has 3 N–H and O–H groups in total. The lowest BCUT2D eigenvalue weighted by molar-refractivity contribution is 0.236. The van der Waals surface area contributed by atoms with Crippen LogP contribution in [-0.2, 0) is 12.0 Å². The Morgan fingerprint density at radius 3 is 2.79 bits per heavy atom. The van der Waals surface area contributed by atoms with Crippen LogP contribution in [0.15, 0.2) is 12.1 Å². The summed E-state index contributed by atoms with van der Waals surface area (Å²) in [6, 6.07) is 4.26. The van der Waals surface area contributed by atoms with E-state index in [-0.39, 0.29) is 11.5 Å². The summed E-state index contributed by atoms with van der Waals surface area (Å²) in [6.07, 6.45) is 2.59. The number of nitrogens with two attached hydrogens (primary N) is 1. The Balaban J connectivity index is 1.98. The van der Waals surface area contributed by atoms with Gasteiger partial charge in [-0.3, -0.25) is 0 Å². The fourth-order valence-electron chi connectivity index (χ4n) is 3.11. The van der Waals surface area contributed by atoms with Gasteiger partial charge in [-0.15, -0.1) is 0 Å². The van der Waals surface area contributed by atoms with Crippen LogP contribution in [0.3, 0.4) is 0 Å². The van der Waals surface area contributed by atoms with Crippen molar-refractivity contribution in [2.45, 2.75) is 52.5 Å². The van der Waals surface area contributed by atoms with Gasteiger partial charge in [0.25, 0.3) is 0 Å². The van der Waals surface area contributed by atoms with Crippen LogP contribution in [0, 0.1) is 13.8 Å². The van der Waals surface area contributed by atoms with Crippen molar-refractivity contribution in [1.82, 2.24) is 15.0 Å². The number of rotatable bonds is 4. The van der Waals surface area contributed by atoms with Gasteiger partial charge in [-0.25, -0.2) is 0 Å². The first-order valence-electron chi connectivity index (χ1n) is 8.45. The molecule has 2 heterocycles. The molecule has 0 amide bonds. The molecule has 1 aromatic carbocycles. The molecule has 128 valence electrons. The zero-order valence-electron chi connectivity index (χ0n) is 14.8. The van der Waals surface area contributed by atoms with E-state index in [1.54, 1.807) is 0 Å². The van der Waals surface area contributed by atoms with E-state index in [4.69, 9.17) is 10.5 Å². The summed E-state index contributed by atoms with van der Waals surface area (Å²) in [6.45, 7) is 9.10. The Labute approximate surface area is 142 Å². The van der Waals surface area contributed by atoms with Gasteiger partial charge in [-0.05, 0) is 38.3 Å². The Bertz CT molecular complexity index is 761. The highest BCUT2D eigenvalue weighted by Gasteiger charge is 2.35. The molecule has 0 radical (unpaired) electrons. The predicted octanol–water partition coefficient (Wildman–Crippen LogP) is 3.13. The molecule has 6 nitrogen and oxygen atoms in total. The van der Waals surface area contributed by atoms with Crippen molar-refractivity contribution in [3.63, 3.8) is 0 Å². The van der Waals surface area contributed by atoms with Crippen molar-refractivity contribution in [2.75, 3.05) is 17.7 Å². The number of ether oxygens (including phenoxy) is 1. The van der Waals surface area contributed by atoms with Crippen molar-refractivity contribution in [3.05, 3.63) is 34.6 Å². The lowest BCUT2D eigenvalue weighted by Crippen LogP contribution is -2.38. The van der Waals surface area contributed by atoms with Crippen LogP contribution < -0.4 is 15.8 Å². The van der Waals surface area contributed by atoms with E-state index in [0.717, 1.165) is 36.4 Å². The molecule has 2 aromatic rings. The summed E-state index contributed by atoms with van der Waals surface area (Å²) in [5, 5.41) is 3.48. The summed E-state index contributed by atoms with van der Waals surface area (Å²) in [5.74, 6) is 2.47. The minimum atomic E-state index is -0.302. The maximum Gasteiger partial charge on any atom is 0.228 e. The molecular formula is C18H25N5O. The van der Waals surface area contributed by atoms with Crippen LogP contribution in [0.5, 0.6) is 5.75 Å². The molecule has 1 aliphatic heterocycles. The Hall–Kier alpha value is -2.37. The minimum absolute atomic E-state index is 0.256. The lowest BCUT2D eigenvalue weighted by atomic mass is 9.84. The SMILES string of the molecule is CCCc1nc(N)nc(N[C@]2(C)CCOc3c2ccc(C)c3C)n1. The summed E-state index contributed by atoms with van der Waals surface area (Å²) in [5.41, 5.74) is 9.09. The molecule has 0 aliphatic carbocycles. The monoisotopic (exact) mass is 327 g/mol. The van der Waals surface area contributed by atoms with E-state index in [1.165, 1.54) is 11.1 Å². The second-order valence-corrected chi connectivity index (χ2v) is 6.62. The normalized spacial score (nSPS) is 19.5. The molecule has 0 fully saturated rings. The van der Waals surface area contributed by atoms with Gasteiger partial charge in [0, 0.05) is 18.4 Å². The van der Waals surface area contributed by atoms with Gasteiger partial charge in [0.05, 0.1) is 12.1 Å². The van der Waals surface area contributed by atoms with Gasteiger partial charge < -0.3 is 15.8 Å². The summed E-state index contributed by atoms with van der Waals surface area (Å²) in [7, 11) is 0. The Morgan fingerprint density at radius 2 is 2.04 bits per heavy atom. The van der Waals surface area contributed by atoms with Gasteiger partial charge >= 0.3 is 0 Å². The van der Waals surface area contributed by atoms with Gasteiger partial charge in [-0.2, -0.15) is 15.0 Å². The number of benzene rings is 1. The number of fused-ring (bicyclic) bond motifs is 1. The lowest BCUT2D eigenvalue weighted by Gasteiger charge is -2.37. The smallest absolute Gasteiger partial charge is 0.228 e. The average Bonchev–Trinajstić information content (AvgIpc) is 2.51. The molecule has 3 rings (SSSR count). The van der Waals surface area contributed by atoms with Gasteiger partial charge in [0.2, 0.25) is 11.9 Å². The van der Waals surface area contributed by atoms with E-state index in [2.05, 4.69) is 60.1 Å². The van der Waals surface area contributed by atoms with Crippen LogP contribution in [0.1, 0.15) is 49.2 Å². The zero-order chi connectivity index (χ0) is 17.3. The maximum absolute atomic E-state index is 5.94. The predicted molar refractivity (Wildman–Crippen MR) is 95.2 cm³/mol. The fourth-order valence-corrected chi connectivity index (χ4v) is 3.11. The molecule has 0 spiro atoms. The molecule has 0 saturated carbocycles. The summed E-state index contributed by atoms with van der Waals surface area (Å²) < 4.78 is 5.94. The molecule has 1 aliphatic rings. The largest absolute Gasteiger partial charge is 0.493 e. The Morgan fingerprint density at radius 1 is 1.25 bits per heavy atom. The van der Waals surface area contributed by atoms with Crippen LogP contribution in [0.4, 0.5) is 11.9 Å². The van der Waals surface area contributed by atoms with Crippen LogP contribution in [0.25, 0.3) is 0 Å². The molecule has 24 heavy (non-hydrogen) atoms. The molecule has 0 unspecified atom stereocenters. The highest BCUT2D eigenvalue weighted by Crippen LogP contribution is 2.41. The summed E-state index contributed by atoms with van der Waals surface area (Å²) >= 11 is 0. The van der Waals surface area contributed by atoms with Gasteiger partial charge in [0.15, 0.2) is 0 Å². The van der Waals surface area contributed by atoms with E-state index in [9.17, 15) is 0 Å². The van der Waals surface area contributed by atoms with Crippen molar-refractivity contribution in [2.24, 2.45) is 0 Å². The first-order valence-corrected chi connectivity index (χ1v) is 8.45. The second-order valence-electron chi connectivity index (χ2n) is 6.62. The first kappa shape index (κ1) is 16.5. The van der Waals surface area contributed by atoms with Crippen molar-refractivity contribution in [3.8, 4) is 5.75 Å². The zero-order valence-corrected chi connectivity index (χ0v) is 14.8. The van der Waals surface area contributed by atoms with Gasteiger partial charge in [-0.1, -0.05) is 19.1 Å². The first-order chi connectivity index (χ1) is 11.4. The van der Waals surface area contributed by atoms with Crippen LogP contribution >= 0.6 is 0 Å². The number of aromatic nitrogens is 3. The minimum Gasteiger partial charge on any atom is -0.493 e. The average molecular weight is 327 g/mol. The second kappa shape index (κ2) is 6.26. The molecular weight excluding hydrogens is 302 g/mol. The standard InChI is InChI=1S/C18H25N5O/c1-5-6-14-20-16(19)22-17(21-14)23-18(4)9-10-24-15-12(3)11(2)7-8-13(15)18/h7-8H,5-6,9-10H2,1-4H3,(H3,19,20,21,22,23)/t18-/m1/s1. The molecule has 1 aromatic heterocycles. The number of aryl methyl sites for hydroxylation is 2. The number of hydrogen-bond acceptors (Lipinski definition) is 6. The van der Waals surface area contributed by atoms with Crippen molar-refractivity contribution < 1.29 is 4.74 Å². The number of nitrogens with one attached hydrogen (secondary N) is 1. The van der Waals surface area contributed by atoms with E-state index in [0.29, 0.717) is 12.6 Å². The molecule has 6 heteroatoms. The Kier molecular flexibility index (Phi) is 4.30. The number of nitrogens with zero attached hydrogens (tertiary/aromatic N) is 3. The van der Waals surface area contributed by atoms with E-state index in [1.807, 2.05) is 0 Å². The topological polar surface area (TPSA) is 86.0 Å². The maximum atomic E-state index is 5.94. The number of hydrogen-bond donors (Lipinski definition) is 2. The molecule has 0 saturated heterocycles. The van der Waals surface area contributed by atoms with Crippen molar-refractivity contribution >= 4 is 11.9 Å². The summed E-state index contributed by atoms with van der Waals surface area (Å²) in [4.78, 5) is 13.0. The third-order valence-electron chi connectivity index (χ3n) is 4.68. The van der Waals surface area contributed by atoms with E-state index < -0.39 is 0 Å². The van der Waals surface area contributed by atoms with E-state index >= 15 is 0 Å². The highest BCUT2D eigenvalue weighted by atomic mass is 16.5.